The Kier molecular flexibility index (Phi) is 5.43. The predicted molar refractivity (Wildman–Crippen MR) is 116 cm³/mol. The van der Waals surface area contributed by atoms with Crippen LogP contribution in [0.1, 0.15) is 46.2 Å². The molecule has 1 aliphatic rings. The van der Waals surface area contributed by atoms with Gasteiger partial charge in [-0.05, 0) is 85.7 Å². The lowest BCUT2D eigenvalue weighted by Gasteiger charge is -2.21. The maximum atomic E-state index is 12.5. The molecule has 29 heavy (non-hydrogen) atoms. The fourth-order valence-electron chi connectivity index (χ4n) is 4.22. The minimum atomic E-state index is -0.0625. The molecule has 1 aliphatic carbocycles. The number of carbonyl (C=O) groups is 1. The van der Waals surface area contributed by atoms with Crippen molar-refractivity contribution >= 4 is 5.91 Å². The van der Waals surface area contributed by atoms with Gasteiger partial charge in [-0.2, -0.15) is 0 Å². The van der Waals surface area contributed by atoms with Crippen molar-refractivity contribution in [3.8, 4) is 11.4 Å². The molecule has 1 atom stereocenters. The van der Waals surface area contributed by atoms with Gasteiger partial charge in [-0.15, -0.1) is 0 Å². The monoisotopic (exact) mass is 388 g/mol. The van der Waals surface area contributed by atoms with E-state index >= 15 is 0 Å². The van der Waals surface area contributed by atoms with Crippen molar-refractivity contribution in [2.24, 2.45) is 5.92 Å². The highest BCUT2D eigenvalue weighted by Crippen LogP contribution is 2.30. The third kappa shape index (κ3) is 4.07. The number of nitrogens with one attached hydrogen (secondary N) is 1. The van der Waals surface area contributed by atoms with Crippen LogP contribution in [0.3, 0.4) is 0 Å². The van der Waals surface area contributed by atoms with Crippen LogP contribution >= 0.6 is 0 Å². The summed E-state index contributed by atoms with van der Waals surface area (Å²) in [5.41, 5.74) is 7.01. The molecule has 4 nitrogen and oxygen atoms in total. The molecule has 1 aromatic heterocycles. The average molecular weight is 389 g/mol. The number of ether oxygens (including phenoxy) is 1. The van der Waals surface area contributed by atoms with Gasteiger partial charge in [0.1, 0.15) is 5.75 Å². The molecule has 1 N–H and O–H groups in total. The van der Waals surface area contributed by atoms with Crippen LogP contribution in [0.2, 0.25) is 0 Å². The Balaban J connectivity index is 1.46. The van der Waals surface area contributed by atoms with Crippen molar-refractivity contribution in [2.75, 3.05) is 7.11 Å². The first-order valence-electron chi connectivity index (χ1n) is 10.3. The zero-order valence-electron chi connectivity index (χ0n) is 17.4. The van der Waals surface area contributed by atoms with Gasteiger partial charge in [0.25, 0.3) is 5.91 Å². The van der Waals surface area contributed by atoms with Gasteiger partial charge >= 0.3 is 0 Å². The quantitative estimate of drug-likeness (QED) is 0.679. The van der Waals surface area contributed by atoms with E-state index in [9.17, 15) is 4.79 Å². The predicted octanol–water partition coefficient (Wildman–Crippen LogP) is 4.85. The number of benzene rings is 2. The van der Waals surface area contributed by atoms with Crippen molar-refractivity contribution in [2.45, 2.75) is 39.7 Å². The van der Waals surface area contributed by atoms with E-state index < -0.39 is 0 Å². The Morgan fingerprint density at radius 1 is 1.14 bits per heavy atom. The summed E-state index contributed by atoms with van der Waals surface area (Å²) in [6.45, 7) is 4.99. The van der Waals surface area contributed by atoms with E-state index in [1.54, 1.807) is 7.11 Å². The number of nitrogens with zero attached hydrogens (tertiary/aromatic N) is 1. The zero-order chi connectivity index (χ0) is 20.4. The average Bonchev–Trinajstić information content (AvgIpc) is 3.07. The summed E-state index contributed by atoms with van der Waals surface area (Å²) in [7, 11) is 1.64. The second-order valence-corrected chi connectivity index (χ2v) is 8.02. The van der Waals surface area contributed by atoms with Gasteiger partial charge in [0.2, 0.25) is 0 Å². The molecule has 1 amide bonds. The fraction of sp³-hybridized carbons (Fsp3) is 0.320. The molecule has 0 aliphatic heterocycles. The molecule has 0 bridgehead atoms. The number of amides is 1. The van der Waals surface area contributed by atoms with E-state index in [0.717, 1.165) is 35.8 Å². The van der Waals surface area contributed by atoms with Crippen molar-refractivity contribution in [1.29, 1.82) is 0 Å². The van der Waals surface area contributed by atoms with Gasteiger partial charge in [0, 0.05) is 29.2 Å². The molecule has 0 saturated heterocycles. The van der Waals surface area contributed by atoms with Crippen molar-refractivity contribution in [3.63, 3.8) is 0 Å². The third-order valence-electron chi connectivity index (χ3n) is 5.82. The molecule has 4 heteroatoms. The van der Waals surface area contributed by atoms with E-state index in [1.165, 1.54) is 23.4 Å². The highest BCUT2D eigenvalue weighted by molar-refractivity contribution is 5.94. The Morgan fingerprint density at radius 2 is 1.86 bits per heavy atom. The molecule has 150 valence electrons. The summed E-state index contributed by atoms with van der Waals surface area (Å²) >= 11 is 0. The second-order valence-electron chi connectivity index (χ2n) is 8.02. The van der Waals surface area contributed by atoms with Gasteiger partial charge in [-0.3, -0.25) is 4.79 Å². The van der Waals surface area contributed by atoms with E-state index in [1.807, 2.05) is 48.5 Å². The molecular formula is C25H28N2O2. The maximum Gasteiger partial charge on any atom is 0.251 e. The summed E-state index contributed by atoms with van der Waals surface area (Å²) in [6.07, 6.45) is 3.52. The molecule has 1 heterocycles. The van der Waals surface area contributed by atoms with Crippen LogP contribution in [-0.4, -0.2) is 17.6 Å². The summed E-state index contributed by atoms with van der Waals surface area (Å²) in [6, 6.07) is 18.0. The molecule has 3 aromatic rings. The highest BCUT2D eigenvalue weighted by Gasteiger charge is 2.21. The number of fused-ring (bicyclic) bond motifs is 1. The van der Waals surface area contributed by atoms with E-state index in [-0.39, 0.29) is 5.91 Å². The highest BCUT2D eigenvalue weighted by atomic mass is 16.5. The van der Waals surface area contributed by atoms with E-state index in [4.69, 9.17) is 4.74 Å². The van der Waals surface area contributed by atoms with Crippen molar-refractivity contribution in [1.82, 2.24) is 9.88 Å². The van der Waals surface area contributed by atoms with Crippen LogP contribution in [-0.2, 0) is 19.4 Å². The van der Waals surface area contributed by atoms with E-state index in [0.29, 0.717) is 12.1 Å². The van der Waals surface area contributed by atoms with Crippen LogP contribution in [0.4, 0.5) is 0 Å². The number of methoxy groups -OCH3 is 1. The van der Waals surface area contributed by atoms with Gasteiger partial charge in [-0.1, -0.05) is 19.1 Å². The van der Waals surface area contributed by atoms with Crippen molar-refractivity contribution < 1.29 is 9.53 Å². The minimum Gasteiger partial charge on any atom is -0.497 e. The van der Waals surface area contributed by atoms with Gasteiger partial charge < -0.3 is 14.6 Å². The van der Waals surface area contributed by atoms with Crippen LogP contribution in [0.5, 0.6) is 5.75 Å². The summed E-state index contributed by atoms with van der Waals surface area (Å²) < 4.78 is 7.51. The van der Waals surface area contributed by atoms with E-state index in [2.05, 4.69) is 29.8 Å². The molecule has 2 aromatic carbocycles. The van der Waals surface area contributed by atoms with Gasteiger partial charge in [-0.25, -0.2) is 0 Å². The van der Waals surface area contributed by atoms with Crippen LogP contribution in [0, 0.1) is 12.8 Å². The minimum absolute atomic E-state index is 0.0625. The third-order valence-corrected chi connectivity index (χ3v) is 5.82. The number of carbonyl (C=O) groups excluding carboxylic acids is 1. The van der Waals surface area contributed by atoms with Gasteiger partial charge in [0.15, 0.2) is 0 Å². The van der Waals surface area contributed by atoms with Gasteiger partial charge in [0.05, 0.1) is 7.11 Å². The first-order valence-corrected chi connectivity index (χ1v) is 10.3. The van der Waals surface area contributed by atoms with Crippen LogP contribution in [0.25, 0.3) is 5.69 Å². The molecule has 0 unspecified atom stereocenters. The first kappa shape index (κ1) is 19.3. The number of hydrogen-bond donors (Lipinski definition) is 1. The zero-order valence-corrected chi connectivity index (χ0v) is 17.4. The smallest absolute Gasteiger partial charge is 0.251 e. The number of hydrogen-bond acceptors (Lipinski definition) is 2. The standard InChI is InChI=1S/C25H28N2O2/c1-17-4-13-24-21(14-17)15-18(2)27(24)22-9-7-20(8-10-22)25(28)26-16-19-5-11-23(29-3)12-6-19/h5-12,15,17H,4,13-14,16H2,1-3H3,(H,26,28)/t17-/m0/s1. The number of aryl methyl sites for hydroxylation is 1. The SMILES string of the molecule is COc1ccc(CNC(=O)c2ccc(-n3c(C)cc4c3CC[C@H](C)C4)cc2)cc1. The second kappa shape index (κ2) is 8.16. The van der Waals surface area contributed by atoms with Crippen LogP contribution in [0.15, 0.2) is 54.6 Å². The lowest BCUT2D eigenvalue weighted by molar-refractivity contribution is 0.0951. The Hall–Kier alpha value is -3.01. The molecule has 0 radical (unpaired) electrons. The van der Waals surface area contributed by atoms with Crippen molar-refractivity contribution in [3.05, 3.63) is 82.7 Å². The maximum absolute atomic E-state index is 12.5. The lowest BCUT2D eigenvalue weighted by atomic mass is 9.89. The Bertz CT molecular complexity index is 1000. The molecule has 0 saturated carbocycles. The summed E-state index contributed by atoms with van der Waals surface area (Å²) in [5.74, 6) is 1.51. The number of rotatable bonds is 5. The Morgan fingerprint density at radius 3 is 2.55 bits per heavy atom. The lowest BCUT2D eigenvalue weighted by Crippen LogP contribution is -2.22. The molecular weight excluding hydrogens is 360 g/mol. The molecule has 0 fully saturated rings. The topological polar surface area (TPSA) is 43.3 Å². The molecule has 0 spiro atoms. The normalized spacial score (nSPS) is 15.6. The number of aromatic nitrogens is 1. The largest absolute Gasteiger partial charge is 0.497 e. The first-order chi connectivity index (χ1) is 14.0. The summed E-state index contributed by atoms with van der Waals surface area (Å²) in [5, 5.41) is 2.99. The Labute approximate surface area is 172 Å². The fourth-order valence-corrected chi connectivity index (χ4v) is 4.22. The molecule has 4 rings (SSSR count). The summed E-state index contributed by atoms with van der Waals surface area (Å²) in [4.78, 5) is 12.5. The van der Waals surface area contributed by atoms with Crippen LogP contribution < -0.4 is 10.1 Å².